The summed E-state index contributed by atoms with van der Waals surface area (Å²) in [5.41, 5.74) is 0.0699. The molecular formula is C12H15F3N2. The van der Waals surface area contributed by atoms with Gasteiger partial charge in [0.15, 0.2) is 0 Å². The molecule has 1 aliphatic heterocycles. The average molecular weight is 244 g/mol. The lowest BCUT2D eigenvalue weighted by Crippen LogP contribution is -2.29. The minimum Gasteiger partial charge on any atom is -0.370 e. The van der Waals surface area contributed by atoms with Crippen molar-refractivity contribution in [2.75, 3.05) is 25.0 Å². The Morgan fingerprint density at radius 3 is 2.71 bits per heavy atom. The summed E-state index contributed by atoms with van der Waals surface area (Å²) >= 11 is 0. The van der Waals surface area contributed by atoms with Crippen molar-refractivity contribution in [2.24, 2.45) is 0 Å². The topological polar surface area (TPSA) is 15.3 Å². The van der Waals surface area contributed by atoms with E-state index in [1.165, 1.54) is 12.1 Å². The van der Waals surface area contributed by atoms with Gasteiger partial charge in [-0.3, -0.25) is 0 Å². The number of nitrogens with one attached hydrogen (secondary N) is 1. The van der Waals surface area contributed by atoms with E-state index in [0.717, 1.165) is 25.6 Å². The summed E-state index contributed by atoms with van der Waals surface area (Å²) in [7, 11) is 1.88. The maximum absolute atomic E-state index is 12.6. The molecule has 1 aromatic rings. The van der Waals surface area contributed by atoms with Gasteiger partial charge in [-0.1, -0.05) is 6.07 Å². The van der Waals surface area contributed by atoms with Crippen molar-refractivity contribution >= 4 is 5.69 Å². The summed E-state index contributed by atoms with van der Waals surface area (Å²) in [6.45, 7) is 1.56. The third-order valence-corrected chi connectivity index (χ3v) is 3.14. The Balaban J connectivity index is 2.17. The first-order valence-corrected chi connectivity index (χ1v) is 5.60. The SMILES string of the molecule is CNC1CCN(c2cccc(C(F)(F)F)c2)C1. The average Bonchev–Trinajstić information content (AvgIpc) is 2.76. The molecule has 2 rings (SSSR count). The van der Waals surface area contributed by atoms with Crippen LogP contribution in [0.25, 0.3) is 0 Å². The van der Waals surface area contributed by atoms with Crippen molar-refractivity contribution in [3.05, 3.63) is 29.8 Å². The van der Waals surface area contributed by atoms with Crippen LogP contribution in [0.2, 0.25) is 0 Å². The zero-order valence-corrected chi connectivity index (χ0v) is 9.59. The molecule has 94 valence electrons. The van der Waals surface area contributed by atoms with Crippen LogP contribution in [0.3, 0.4) is 0 Å². The first-order valence-electron chi connectivity index (χ1n) is 5.60. The van der Waals surface area contributed by atoms with Gasteiger partial charge < -0.3 is 10.2 Å². The highest BCUT2D eigenvalue weighted by Gasteiger charge is 2.31. The van der Waals surface area contributed by atoms with Gasteiger partial charge in [0.05, 0.1) is 5.56 Å². The number of halogens is 3. The highest BCUT2D eigenvalue weighted by Crippen LogP contribution is 2.32. The molecule has 1 fully saturated rings. The third kappa shape index (κ3) is 2.72. The van der Waals surface area contributed by atoms with Gasteiger partial charge in [-0.2, -0.15) is 13.2 Å². The quantitative estimate of drug-likeness (QED) is 0.860. The van der Waals surface area contributed by atoms with E-state index in [2.05, 4.69) is 5.32 Å². The fraction of sp³-hybridized carbons (Fsp3) is 0.500. The van der Waals surface area contributed by atoms with E-state index in [4.69, 9.17) is 0 Å². The van der Waals surface area contributed by atoms with Crippen LogP contribution in [-0.2, 0) is 6.18 Å². The summed E-state index contributed by atoms with van der Waals surface area (Å²) < 4.78 is 37.7. The molecule has 1 unspecified atom stereocenters. The number of nitrogens with zero attached hydrogens (tertiary/aromatic N) is 1. The second-order valence-corrected chi connectivity index (χ2v) is 4.27. The zero-order valence-electron chi connectivity index (χ0n) is 9.59. The van der Waals surface area contributed by atoms with Crippen LogP contribution in [0.1, 0.15) is 12.0 Å². The van der Waals surface area contributed by atoms with Crippen LogP contribution in [0.15, 0.2) is 24.3 Å². The van der Waals surface area contributed by atoms with E-state index in [1.54, 1.807) is 6.07 Å². The lowest BCUT2D eigenvalue weighted by Gasteiger charge is -2.20. The maximum Gasteiger partial charge on any atom is 0.416 e. The Bertz CT molecular complexity index is 390. The number of anilines is 1. The van der Waals surface area contributed by atoms with Crippen LogP contribution >= 0.6 is 0 Å². The van der Waals surface area contributed by atoms with Gasteiger partial charge in [-0.15, -0.1) is 0 Å². The van der Waals surface area contributed by atoms with Crippen molar-refractivity contribution in [1.29, 1.82) is 0 Å². The Labute approximate surface area is 98.4 Å². The molecule has 1 heterocycles. The molecule has 0 spiro atoms. The van der Waals surface area contributed by atoms with E-state index in [-0.39, 0.29) is 0 Å². The summed E-state index contributed by atoms with van der Waals surface area (Å²) in [5.74, 6) is 0. The van der Waals surface area contributed by atoms with Crippen LogP contribution < -0.4 is 10.2 Å². The lowest BCUT2D eigenvalue weighted by atomic mass is 10.2. The number of alkyl halides is 3. The largest absolute Gasteiger partial charge is 0.416 e. The predicted molar refractivity (Wildman–Crippen MR) is 61.1 cm³/mol. The zero-order chi connectivity index (χ0) is 12.5. The van der Waals surface area contributed by atoms with Crippen molar-refractivity contribution in [3.8, 4) is 0 Å². The molecule has 1 aliphatic rings. The molecule has 2 nitrogen and oxygen atoms in total. The summed E-state index contributed by atoms with van der Waals surface area (Å²) in [6, 6.07) is 5.88. The molecule has 1 atom stereocenters. The molecule has 1 N–H and O–H groups in total. The van der Waals surface area contributed by atoms with Crippen LogP contribution in [-0.4, -0.2) is 26.2 Å². The van der Waals surface area contributed by atoms with Gasteiger partial charge >= 0.3 is 6.18 Å². The molecule has 1 saturated heterocycles. The van der Waals surface area contributed by atoms with Crippen molar-refractivity contribution < 1.29 is 13.2 Å². The Morgan fingerprint density at radius 2 is 2.12 bits per heavy atom. The van der Waals surface area contributed by atoms with Gasteiger partial charge in [0.1, 0.15) is 0 Å². The standard InChI is InChI=1S/C12H15F3N2/c1-16-10-5-6-17(8-10)11-4-2-3-9(7-11)12(13,14)15/h2-4,7,10,16H,5-6,8H2,1H3. The molecular weight excluding hydrogens is 229 g/mol. The molecule has 0 saturated carbocycles. The Morgan fingerprint density at radius 1 is 1.35 bits per heavy atom. The lowest BCUT2D eigenvalue weighted by molar-refractivity contribution is -0.137. The summed E-state index contributed by atoms with van der Waals surface area (Å²) in [4.78, 5) is 1.98. The maximum atomic E-state index is 12.6. The number of hydrogen-bond donors (Lipinski definition) is 1. The first-order chi connectivity index (χ1) is 8.00. The smallest absolute Gasteiger partial charge is 0.370 e. The highest BCUT2D eigenvalue weighted by molar-refractivity contribution is 5.50. The normalized spacial score (nSPS) is 20.9. The minimum atomic E-state index is -4.27. The van der Waals surface area contributed by atoms with Gasteiger partial charge in [-0.25, -0.2) is 0 Å². The fourth-order valence-corrected chi connectivity index (χ4v) is 2.11. The second-order valence-electron chi connectivity index (χ2n) is 4.27. The summed E-state index contributed by atoms with van der Waals surface area (Å²) in [6.07, 6.45) is -3.30. The Hall–Kier alpha value is -1.23. The van der Waals surface area contributed by atoms with Crippen molar-refractivity contribution in [3.63, 3.8) is 0 Å². The number of rotatable bonds is 2. The first kappa shape index (κ1) is 12.2. The molecule has 5 heteroatoms. The van der Waals surface area contributed by atoms with E-state index in [1.807, 2.05) is 11.9 Å². The molecule has 0 bridgehead atoms. The molecule has 17 heavy (non-hydrogen) atoms. The van der Waals surface area contributed by atoms with Crippen molar-refractivity contribution in [1.82, 2.24) is 5.32 Å². The minimum absolute atomic E-state index is 0.365. The van der Waals surface area contributed by atoms with Gasteiger partial charge in [0, 0.05) is 24.8 Å². The fourth-order valence-electron chi connectivity index (χ4n) is 2.11. The Kier molecular flexibility index (Phi) is 3.28. The van der Waals surface area contributed by atoms with Crippen LogP contribution in [0.5, 0.6) is 0 Å². The molecule has 1 aromatic carbocycles. The van der Waals surface area contributed by atoms with Crippen LogP contribution in [0.4, 0.5) is 18.9 Å². The number of hydrogen-bond acceptors (Lipinski definition) is 2. The van der Waals surface area contributed by atoms with Crippen LogP contribution in [0, 0.1) is 0 Å². The number of likely N-dealkylation sites (N-methyl/N-ethyl adjacent to an activating group) is 1. The second kappa shape index (κ2) is 4.56. The van der Waals surface area contributed by atoms with E-state index in [0.29, 0.717) is 11.7 Å². The van der Waals surface area contributed by atoms with E-state index >= 15 is 0 Å². The van der Waals surface area contributed by atoms with Gasteiger partial charge in [0.2, 0.25) is 0 Å². The molecule has 0 radical (unpaired) electrons. The molecule has 0 amide bonds. The molecule has 0 aliphatic carbocycles. The van der Waals surface area contributed by atoms with Gasteiger partial charge in [0.25, 0.3) is 0 Å². The summed E-state index contributed by atoms with van der Waals surface area (Å²) in [5, 5.41) is 3.14. The highest BCUT2D eigenvalue weighted by atomic mass is 19.4. The molecule has 0 aromatic heterocycles. The van der Waals surface area contributed by atoms with Crippen molar-refractivity contribution in [2.45, 2.75) is 18.6 Å². The third-order valence-electron chi connectivity index (χ3n) is 3.14. The van der Waals surface area contributed by atoms with E-state index < -0.39 is 11.7 Å². The predicted octanol–water partition coefficient (Wildman–Crippen LogP) is 2.50. The monoisotopic (exact) mass is 244 g/mol. The number of benzene rings is 1. The van der Waals surface area contributed by atoms with Gasteiger partial charge in [-0.05, 0) is 31.7 Å². The van der Waals surface area contributed by atoms with E-state index in [9.17, 15) is 13.2 Å².